The van der Waals surface area contributed by atoms with Crippen LogP contribution in [-0.4, -0.2) is 37.5 Å². The summed E-state index contributed by atoms with van der Waals surface area (Å²) in [5.74, 6) is 0.427. The van der Waals surface area contributed by atoms with Crippen molar-refractivity contribution >= 4 is 5.91 Å². The molecule has 0 bridgehead atoms. The standard InChI is InChI=1S/C17H21F3N2O/c1-21-10-12-5-8-22(11-12)15(23)16(6-7-16)13-3-2-4-14(9-13)17(18,19)20/h2-4,9,12,21H,5-8,10-11H2,1H3. The smallest absolute Gasteiger partial charge is 0.342 e. The molecule has 1 aliphatic heterocycles. The average Bonchev–Trinajstić information content (AvgIpc) is 3.20. The Bertz CT molecular complexity index is 596. The second-order valence-corrected chi connectivity index (χ2v) is 6.62. The molecule has 23 heavy (non-hydrogen) atoms. The molecule has 2 fully saturated rings. The fourth-order valence-corrected chi connectivity index (χ4v) is 3.52. The van der Waals surface area contributed by atoms with E-state index < -0.39 is 17.2 Å². The summed E-state index contributed by atoms with van der Waals surface area (Å²) in [5, 5.41) is 3.12. The molecule has 1 unspecified atom stereocenters. The number of rotatable bonds is 4. The van der Waals surface area contributed by atoms with Gasteiger partial charge in [0, 0.05) is 13.1 Å². The zero-order valence-electron chi connectivity index (χ0n) is 13.1. The van der Waals surface area contributed by atoms with Crippen molar-refractivity contribution in [2.24, 2.45) is 5.92 Å². The van der Waals surface area contributed by atoms with E-state index in [1.165, 1.54) is 6.07 Å². The van der Waals surface area contributed by atoms with Gasteiger partial charge in [0.25, 0.3) is 0 Å². The highest BCUT2D eigenvalue weighted by atomic mass is 19.4. The molecule has 1 amide bonds. The Hall–Kier alpha value is -1.56. The molecule has 1 aromatic carbocycles. The molecule has 0 spiro atoms. The molecule has 1 aliphatic carbocycles. The van der Waals surface area contributed by atoms with Gasteiger partial charge >= 0.3 is 6.18 Å². The van der Waals surface area contributed by atoms with Gasteiger partial charge in [-0.3, -0.25) is 4.79 Å². The number of alkyl halides is 3. The molecule has 3 rings (SSSR count). The van der Waals surface area contributed by atoms with Crippen molar-refractivity contribution in [1.82, 2.24) is 10.2 Å². The Balaban J connectivity index is 1.79. The quantitative estimate of drug-likeness (QED) is 0.923. The number of likely N-dealkylation sites (tertiary alicyclic amines) is 1. The first-order chi connectivity index (χ1) is 10.9. The third-order valence-electron chi connectivity index (χ3n) is 4.97. The van der Waals surface area contributed by atoms with Crippen LogP contribution in [0, 0.1) is 5.92 Å². The number of carbonyl (C=O) groups is 1. The first-order valence-electron chi connectivity index (χ1n) is 7.98. The van der Waals surface area contributed by atoms with E-state index >= 15 is 0 Å². The first-order valence-corrected chi connectivity index (χ1v) is 7.98. The van der Waals surface area contributed by atoms with Gasteiger partial charge in [-0.1, -0.05) is 18.2 Å². The summed E-state index contributed by atoms with van der Waals surface area (Å²) in [6.45, 7) is 2.26. The molecule has 1 saturated carbocycles. The number of halogens is 3. The maximum absolute atomic E-state index is 12.9. The molecular weight excluding hydrogens is 305 g/mol. The molecule has 126 valence electrons. The lowest BCUT2D eigenvalue weighted by Gasteiger charge is -2.24. The molecule has 2 aliphatic rings. The van der Waals surface area contributed by atoms with Gasteiger partial charge in [0.2, 0.25) is 5.91 Å². The second kappa shape index (κ2) is 5.82. The van der Waals surface area contributed by atoms with Gasteiger partial charge in [0.05, 0.1) is 11.0 Å². The lowest BCUT2D eigenvalue weighted by atomic mass is 9.92. The number of hydrogen-bond acceptors (Lipinski definition) is 2. The summed E-state index contributed by atoms with van der Waals surface area (Å²) in [4.78, 5) is 14.7. The van der Waals surface area contributed by atoms with Crippen LogP contribution >= 0.6 is 0 Å². The fourth-order valence-electron chi connectivity index (χ4n) is 3.52. The lowest BCUT2D eigenvalue weighted by Crippen LogP contribution is -2.38. The Labute approximate surface area is 133 Å². The minimum absolute atomic E-state index is 0.00423. The van der Waals surface area contributed by atoms with Crippen LogP contribution in [0.15, 0.2) is 24.3 Å². The zero-order chi connectivity index (χ0) is 16.7. The minimum atomic E-state index is -4.37. The van der Waals surface area contributed by atoms with Crippen molar-refractivity contribution in [2.45, 2.75) is 30.9 Å². The lowest BCUT2D eigenvalue weighted by molar-refractivity contribution is -0.138. The van der Waals surface area contributed by atoms with Crippen molar-refractivity contribution in [3.05, 3.63) is 35.4 Å². The molecule has 1 aromatic rings. The van der Waals surface area contributed by atoms with Crippen LogP contribution in [0.3, 0.4) is 0 Å². The summed E-state index contributed by atoms with van der Waals surface area (Å²) < 4.78 is 38.7. The molecule has 0 radical (unpaired) electrons. The fraction of sp³-hybridized carbons (Fsp3) is 0.588. The Kier molecular flexibility index (Phi) is 4.12. The highest BCUT2D eigenvalue weighted by molar-refractivity contribution is 5.91. The van der Waals surface area contributed by atoms with Gasteiger partial charge in [0.1, 0.15) is 0 Å². The zero-order valence-corrected chi connectivity index (χ0v) is 13.1. The molecule has 3 nitrogen and oxygen atoms in total. The van der Waals surface area contributed by atoms with Crippen LogP contribution in [0.2, 0.25) is 0 Å². The van der Waals surface area contributed by atoms with Crippen LogP contribution in [0.4, 0.5) is 13.2 Å². The van der Waals surface area contributed by atoms with E-state index in [1.54, 1.807) is 6.07 Å². The number of hydrogen-bond donors (Lipinski definition) is 1. The molecular formula is C17H21F3N2O. The predicted octanol–water partition coefficient (Wildman–Crippen LogP) is 2.80. The van der Waals surface area contributed by atoms with E-state index in [1.807, 2.05) is 11.9 Å². The highest BCUT2D eigenvalue weighted by Gasteiger charge is 2.54. The largest absolute Gasteiger partial charge is 0.416 e. The van der Waals surface area contributed by atoms with Crippen LogP contribution in [-0.2, 0) is 16.4 Å². The molecule has 1 atom stereocenters. The Morgan fingerprint density at radius 1 is 1.39 bits per heavy atom. The van der Waals surface area contributed by atoms with E-state index in [0.29, 0.717) is 37.4 Å². The van der Waals surface area contributed by atoms with E-state index in [2.05, 4.69) is 5.32 Å². The average molecular weight is 326 g/mol. The van der Waals surface area contributed by atoms with Crippen molar-refractivity contribution < 1.29 is 18.0 Å². The maximum Gasteiger partial charge on any atom is 0.416 e. The molecule has 1 saturated heterocycles. The SMILES string of the molecule is CNCC1CCN(C(=O)C2(c3cccc(C(F)(F)F)c3)CC2)C1. The van der Waals surface area contributed by atoms with Crippen LogP contribution < -0.4 is 5.32 Å². The van der Waals surface area contributed by atoms with E-state index in [-0.39, 0.29) is 5.91 Å². The monoisotopic (exact) mass is 326 g/mol. The van der Waals surface area contributed by atoms with Gasteiger partial charge < -0.3 is 10.2 Å². The predicted molar refractivity (Wildman–Crippen MR) is 81.0 cm³/mol. The summed E-state index contributed by atoms with van der Waals surface area (Å²) in [5.41, 5.74) is -0.895. The minimum Gasteiger partial charge on any atom is -0.342 e. The number of nitrogens with one attached hydrogen (secondary N) is 1. The van der Waals surface area contributed by atoms with Crippen molar-refractivity contribution in [1.29, 1.82) is 0 Å². The number of nitrogens with zero attached hydrogens (tertiary/aromatic N) is 1. The van der Waals surface area contributed by atoms with Crippen molar-refractivity contribution in [3.63, 3.8) is 0 Å². The summed E-state index contributed by atoms with van der Waals surface area (Å²) in [6, 6.07) is 5.26. The van der Waals surface area contributed by atoms with Crippen LogP contribution in [0.5, 0.6) is 0 Å². The second-order valence-electron chi connectivity index (χ2n) is 6.62. The van der Waals surface area contributed by atoms with E-state index in [9.17, 15) is 18.0 Å². The van der Waals surface area contributed by atoms with Gasteiger partial charge in [-0.05, 0) is 50.4 Å². The van der Waals surface area contributed by atoms with Crippen molar-refractivity contribution in [3.8, 4) is 0 Å². The topological polar surface area (TPSA) is 32.3 Å². The first kappa shape index (κ1) is 16.3. The van der Waals surface area contributed by atoms with Gasteiger partial charge in [-0.25, -0.2) is 0 Å². The van der Waals surface area contributed by atoms with Gasteiger partial charge in [-0.2, -0.15) is 13.2 Å². The van der Waals surface area contributed by atoms with E-state index in [0.717, 1.165) is 25.1 Å². The third kappa shape index (κ3) is 3.09. The maximum atomic E-state index is 12.9. The summed E-state index contributed by atoms with van der Waals surface area (Å²) in [7, 11) is 1.88. The van der Waals surface area contributed by atoms with Crippen LogP contribution in [0.1, 0.15) is 30.4 Å². The summed E-state index contributed by atoms with van der Waals surface area (Å²) >= 11 is 0. The molecule has 1 N–H and O–H groups in total. The third-order valence-corrected chi connectivity index (χ3v) is 4.97. The Morgan fingerprint density at radius 3 is 2.74 bits per heavy atom. The number of amides is 1. The number of carbonyl (C=O) groups excluding carboxylic acids is 1. The molecule has 6 heteroatoms. The van der Waals surface area contributed by atoms with E-state index in [4.69, 9.17) is 0 Å². The normalized spacial score (nSPS) is 23.1. The van der Waals surface area contributed by atoms with Crippen molar-refractivity contribution in [2.75, 3.05) is 26.7 Å². The molecule has 1 heterocycles. The Morgan fingerprint density at radius 2 is 2.13 bits per heavy atom. The number of benzene rings is 1. The highest BCUT2D eigenvalue weighted by Crippen LogP contribution is 2.51. The summed E-state index contributed by atoms with van der Waals surface area (Å²) in [6.07, 6.45) is -2.15. The van der Waals surface area contributed by atoms with Crippen LogP contribution in [0.25, 0.3) is 0 Å². The molecule has 0 aromatic heterocycles. The van der Waals surface area contributed by atoms with Gasteiger partial charge in [0.15, 0.2) is 0 Å². The van der Waals surface area contributed by atoms with Gasteiger partial charge in [-0.15, -0.1) is 0 Å².